The first-order chi connectivity index (χ1) is 10.6. The summed E-state index contributed by atoms with van der Waals surface area (Å²) in [6.07, 6.45) is 1.54. The molecule has 0 aliphatic carbocycles. The third-order valence-corrected chi connectivity index (χ3v) is 3.18. The van der Waals surface area contributed by atoms with Gasteiger partial charge in [-0.1, -0.05) is 17.3 Å². The van der Waals surface area contributed by atoms with Crippen LogP contribution in [0, 0.1) is 12.7 Å². The molecule has 3 rings (SSSR count). The maximum absolute atomic E-state index is 13.5. The van der Waals surface area contributed by atoms with Gasteiger partial charge in [-0.2, -0.15) is 0 Å². The summed E-state index contributed by atoms with van der Waals surface area (Å²) in [7, 11) is 0. The Morgan fingerprint density at radius 1 is 1.27 bits per heavy atom. The summed E-state index contributed by atoms with van der Waals surface area (Å²) in [6.45, 7) is 1.78. The number of nitrogens with zero attached hydrogens (tertiary/aromatic N) is 4. The minimum Gasteiger partial charge on any atom is -0.476 e. The Bertz CT molecular complexity index is 846. The standard InChI is InChI=1S/C15H11FN4O2/c1-9-5-6-10(16)8-12(9)20-14(11-4-2-3-7-17-11)13(15(21)22)18-19-20/h2-8H,1H3,(H,21,22). The summed E-state index contributed by atoms with van der Waals surface area (Å²) in [6, 6.07) is 9.29. The second-order valence-corrected chi connectivity index (χ2v) is 4.65. The number of pyridine rings is 1. The van der Waals surface area contributed by atoms with Crippen molar-refractivity contribution in [1.29, 1.82) is 0 Å². The Kier molecular flexibility index (Phi) is 3.38. The van der Waals surface area contributed by atoms with Gasteiger partial charge < -0.3 is 5.11 Å². The van der Waals surface area contributed by atoms with Crippen molar-refractivity contribution in [2.45, 2.75) is 6.92 Å². The average Bonchev–Trinajstić information content (AvgIpc) is 2.95. The molecule has 6 nitrogen and oxygen atoms in total. The first kappa shape index (κ1) is 13.9. The Balaban J connectivity index is 2.30. The summed E-state index contributed by atoms with van der Waals surface area (Å²) in [5.74, 6) is -1.67. The molecule has 3 aromatic rings. The highest BCUT2D eigenvalue weighted by atomic mass is 19.1. The number of hydrogen-bond acceptors (Lipinski definition) is 4. The molecule has 2 aromatic heterocycles. The molecule has 1 aromatic carbocycles. The summed E-state index contributed by atoms with van der Waals surface area (Å²) in [5.41, 5.74) is 1.53. The zero-order valence-electron chi connectivity index (χ0n) is 11.6. The number of carboxylic acid groups (broad SMARTS) is 1. The van der Waals surface area contributed by atoms with Crippen molar-refractivity contribution in [2.24, 2.45) is 0 Å². The van der Waals surface area contributed by atoms with Crippen LogP contribution in [0.2, 0.25) is 0 Å². The van der Waals surface area contributed by atoms with Crippen molar-refractivity contribution in [3.63, 3.8) is 0 Å². The fourth-order valence-electron chi connectivity index (χ4n) is 2.14. The smallest absolute Gasteiger partial charge is 0.358 e. The molecular weight excluding hydrogens is 287 g/mol. The molecule has 0 fully saturated rings. The zero-order valence-corrected chi connectivity index (χ0v) is 11.6. The van der Waals surface area contributed by atoms with Crippen LogP contribution in [0.4, 0.5) is 4.39 Å². The molecule has 0 bridgehead atoms. The van der Waals surface area contributed by atoms with Crippen molar-refractivity contribution in [1.82, 2.24) is 20.0 Å². The van der Waals surface area contributed by atoms with E-state index in [1.807, 2.05) is 0 Å². The van der Waals surface area contributed by atoms with Crippen LogP contribution in [0.15, 0.2) is 42.6 Å². The molecule has 0 unspecified atom stereocenters. The quantitative estimate of drug-likeness (QED) is 0.803. The largest absolute Gasteiger partial charge is 0.476 e. The van der Waals surface area contributed by atoms with Crippen LogP contribution in [0.1, 0.15) is 16.1 Å². The molecule has 0 amide bonds. The number of carbonyl (C=O) groups is 1. The molecule has 0 saturated heterocycles. The van der Waals surface area contributed by atoms with Gasteiger partial charge >= 0.3 is 5.97 Å². The van der Waals surface area contributed by atoms with Gasteiger partial charge in [-0.05, 0) is 36.8 Å². The molecular formula is C15H11FN4O2. The Labute approximate surface area is 124 Å². The van der Waals surface area contributed by atoms with E-state index in [1.165, 1.54) is 23.0 Å². The Morgan fingerprint density at radius 3 is 2.77 bits per heavy atom. The summed E-state index contributed by atoms with van der Waals surface area (Å²) in [5, 5.41) is 16.8. The van der Waals surface area contributed by atoms with Crippen LogP contribution in [-0.4, -0.2) is 31.1 Å². The molecule has 0 radical (unpaired) electrons. The van der Waals surface area contributed by atoms with Gasteiger partial charge in [-0.3, -0.25) is 4.98 Å². The fourth-order valence-corrected chi connectivity index (χ4v) is 2.14. The van der Waals surface area contributed by atoms with E-state index in [4.69, 9.17) is 0 Å². The SMILES string of the molecule is Cc1ccc(F)cc1-n1nnc(C(=O)O)c1-c1ccccn1. The number of aromatic carboxylic acids is 1. The molecule has 2 heterocycles. The van der Waals surface area contributed by atoms with Gasteiger partial charge in [0, 0.05) is 6.20 Å². The molecule has 0 aliphatic heterocycles. The van der Waals surface area contributed by atoms with Gasteiger partial charge in [0.2, 0.25) is 0 Å². The van der Waals surface area contributed by atoms with Gasteiger partial charge in [-0.25, -0.2) is 13.9 Å². The van der Waals surface area contributed by atoms with Gasteiger partial charge in [0.05, 0.1) is 11.4 Å². The van der Waals surface area contributed by atoms with Gasteiger partial charge in [0.15, 0.2) is 5.69 Å². The number of aromatic nitrogens is 4. The molecule has 7 heteroatoms. The zero-order chi connectivity index (χ0) is 15.7. The van der Waals surface area contributed by atoms with Crippen molar-refractivity contribution in [2.75, 3.05) is 0 Å². The van der Waals surface area contributed by atoms with Crippen molar-refractivity contribution >= 4 is 5.97 Å². The van der Waals surface area contributed by atoms with Crippen LogP contribution < -0.4 is 0 Å². The number of halogens is 1. The van der Waals surface area contributed by atoms with E-state index in [2.05, 4.69) is 15.3 Å². The molecule has 1 N–H and O–H groups in total. The van der Waals surface area contributed by atoms with Gasteiger partial charge in [0.1, 0.15) is 11.5 Å². The number of rotatable bonds is 3. The lowest BCUT2D eigenvalue weighted by molar-refractivity contribution is 0.0691. The maximum Gasteiger partial charge on any atom is 0.358 e. The van der Waals surface area contributed by atoms with E-state index in [9.17, 15) is 14.3 Å². The number of benzene rings is 1. The second-order valence-electron chi connectivity index (χ2n) is 4.65. The normalized spacial score (nSPS) is 10.6. The Morgan fingerprint density at radius 2 is 2.09 bits per heavy atom. The van der Waals surface area contributed by atoms with Gasteiger partial charge in [0.25, 0.3) is 0 Å². The molecule has 0 spiro atoms. The lowest BCUT2D eigenvalue weighted by Crippen LogP contribution is -2.05. The number of hydrogen-bond donors (Lipinski definition) is 1. The predicted octanol–water partition coefficient (Wildman–Crippen LogP) is 2.48. The van der Waals surface area contributed by atoms with Crippen molar-refractivity contribution in [3.8, 4) is 17.1 Å². The second kappa shape index (κ2) is 5.36. The first-order valence-electron chi connectivity index (χ1n) is 6.45. The Hall–Kier alpha value is -3.09. The molecule has 0 saturated carbocycles. The highest BCUT2D eigenvalue weighted by Gasteiger charge is 2.23. The predicted molar refractivity (Wildman–Crippen MR) is 76.2 cm³/mol. The van der Waals surface area contributed by atoms with E-state index in [0.717, 1.165) is 5.56 Å². The lowest BCUT2D eigenvalue weighted by atomic mass is 10.1. The highest BCUT2D eigenvalue weighted by Crippen LogP contribution is 2.25. The van der Waals surface area contributed by atoms with E-state index in [-0.39, 0.29) is 11.4 Å². The van der Waals surface area contributed by atoms with E-state index in [0.29, 0.717) is 11.4 Å². The number of carboxylic acids is 1. The third-order valence-electron chi connectivity index (χ3n) is 3.18. The van der Waals surface area contributed by atoms with Crippen molar-refractivity contribution < 1.29 is 14.3 Å². The molecule has 110 valence electrons. The molecule has 0 aliphatic rings. The number of aryl methyl sites for hydroxylation is 1. The topological polar surface area (TPSA) is 80.9 Å². The fraction of sp³-hybridized carbons (Fsp3) is 0.0667. The van der Waals surface area contributed by atoms with Crippen LogP contribution in [0.25, 0.3) is 17.1 Å². The van der Waals surface area contributed by atoms with Crippen LogP contribution in [0.3, 0.4) is 0 Å². The summed E-state index contributed by atoms with van der Waals surface area (Å²) < 4.78 is 14.8. The molecule has 22 heavy (non-hydrogen) atoms. The van der Waals surface area contributed by atoms with E-state index < -0.39 is 11.8 Å². The van der Waals surface area contributed by atoms with E-state index in [1.54, 1.807) is 31.2 Å². The lowest BCUT2D eigenvalue weighted by Gasteiger charge is -2.09. The van der Waals surface area contributed by atoms with Gasteiger partial charge in [-0.15, -0.1) is 5.10 Å². The van der Waals surface area contributed by atoms with Crippen LogP contribution >= 0.6 is 0 Å². The van der Waals surface area contributed by atoms with Crippen LogP contribution in [0.5, 0.6) is 0 Å². The highest BCUT2D eigenvalue weighted by molar-refractivity contribution is 5.92. The molecule has 0 atom stereocenters. The minimum absolute atomic E-state index is 0.210. The maximum atomic E-state index is 13.5. The third kappa shape index (κ3) is 2.32. The summed E-state index contributed by atoms with van der Waals surface area (Å²) >= 11 is 0. The van der Waals surface area contributed by atoms with Crippen molar-refractivity contribution in [3.05, 3.63) is 59.7 Å². The monoisotopic (exact) mass is 298 g/mol. The minimum atomic E-state index is -1.22. The summed E-state index contributed by atoms with van der Waals surface area (Å²) in [4.78, 5) is 15.5. The first-order valence-corrected chi connectivity index (χ1v) is 6.45. The van der Waals surface area contributed by atoms with Crippen LogP contribution in [-0.2, 0) is 0 Å². The van der Waals surface area contributed by atoms with E-state index >= 15 is 0 Å². The average molecular weight is 298 g/mol.